The maximum atomic E-state index is 12.1. The number of nitrogens with zero attached hydrogens (tertiary/aromatic N) is 2. The maximum Gasteiger partial charge on any atom is 0.272 e. The fourth-order valence-electron chi connectivity index (χ4n) is 1.83. The van der Waals surface area contributed by atoms with E-state index in [1.165, 1.54) is 0 Å². The van der Waals surface area contributed by atoms with E-state index in [0.29, 0.717) is 24.0 Å². The Labute approximate surface area is 129 Å². The van der Waals surface area contributed by atoms with E-state index in [9.17, 15) is 4.79 Å². The van der Waals surface area contributed by atoms with Gasteiger partial charge in [0.15, 0.2) is 0 Å². The lowest BCUT2D eigenvalue weighted by Gasteiger charge is -2.17. The van der Waals surface area contributed by atoms with Gasteiger partial charge in [0.05, 0.1) is 6.54 Å². The number of likely N-dealkylation sites (N-methyl/N-ethyl adjacent to an activating group) is 1. The topological polar surface area (TPSA) is 42.4 Å². The first kappa shape index (κ1) is 15.3. The van der Waals surface area contributed by atoms with Crippen LogP contribution in [0.2, 0.25) is 5.15 Å². The van der Waals surface area contributed by atoms with Gasteiger partial charge in [-0.25, -0.2) is 4.98 Å². The molecule has 1 heterocycles. The summed E-state index contributed by atoms with van der Waals surface area (Å²) in [7, 11) is 1.71. The molecular weight excluding hydrogens is 288 g/mol. The molecule has 0 aliphatic heterocycles. The zero-order valence-electron chi connectivity index (χ0n) is 12.0. The third-order valence-corrected chi connectivity index (χ3v) is 3.18. The van der Waals surface area contributed by atoms with Crippen molar-refractivity contribution in [3.63, 3.8) is 0 Å². The molecule has 1 aromatic carbocycles. The van der Waals surface area contributed by atoms with Gasteiger partial charge in [-0.05, 0) is 36.8 Å². The van der Waals surface area contributed by atoms with Crippen molar-refractivity contribution in [1.29, 1.82) is 0 Å². The quantitative estimate of drug-likeness (QED) is 0.797. The van der Waals surface area contributed by atoms with Crippen LogP contribution in [0.3, 0.4) is 0 Å². The molecule has 2 rings (SSSR count). The van der Waals surface area contributed by atoms with E-state index in [2.05, 4.69) is 4.98 Å². The van der Waals surface area contributed by atoms with Crippen molar-refractivity contribution in [3.8, 4) is 5.75 Å². The second-order valence-electron chi connectivity index (χ2n) is 4.74. The third-order valence-electron chi connectivity index (χ3n) is 2.97. The van der Waals surface area contributed by atoms with Gasteiger partial charge in [0, 0.05) is 7.05 Å². The van der Waals surface area contributed by atoms with Crippen molar-refractivity contribution >= 4 is 17.5 Å². The number of rotatable bonds is 5. The van der Waals surface area contributed by atoms with E-state index >= 15 is 0 Å². The molecule has 0 aliphatic carbocycles. The number of aryl methyl sites for hydroxylation is 1. The summed E-state index contributed by atoms with van der Waals surface area (Å²) in [6, 6.07) is 12.8. The number of halogens is 1. The molecule has 0 unspecified atom stereocenters. The molecule has 1 aromatic heterocycles. The third kappa shape index (κ3) is 4.46. The molecule has 0 saturated carbocycles. The van der Waals surface area contributed by atoms with Crippen LogP contribution in [0.25, 0.3) is 0 Å². The molecule has 0 bridgehead atoms. The molecule has 5 heteroatoms. The molecule has 0 saturated heterocycles. The Morgan fingerprint density at radius 2 is 2.05 bits per heavy atom. The fourth-order valence-corrected chi connectivity index (χ4v) is 1.99. The van der Waals surface area contributed by atoms with Crippen LogP contribution in [0.5, 0.6) is 5.75 Å². The van der Waals surface area contributed by atoms with Crippen molar-refractivity contribution in [2.45, 2.75) is 6.92 Å². The van der Waals surface area contributed by atoms with Gasteiger partial charge in [-0.15, -0.1) is 0 Å². The maximum absolute atomic E-state index is 12.1. The van der Waals surface area contributed by atoms with Crippen LogP contribution in [0.1, 0.15) is 16.1 Å². The lowest BCUT2D eigenvalue weighted by atomic mass is 10.2. The Morgan fingerprint density at radius 1 is 1.29 bits per heavy atom. The number of pyridine rings is 1. The lowest BCUT2D eigenvalue weighted by Crippen LogP contribution is -2.31. The van der Waals surface area contributed by atoms with Gasteiger partial charge in [0.25, 0.3) is 5.91 Å². The number of hydrogen-bond donors (Lipinski definition) is 0. The summed E-state index contributed by atoms with van der Waals surface area (Å²) in [6.07, 6.45) is 0. The summed E-state index contributed by atoms with van der Waals surface area (Å²) in [6.45, 7) is 2.90. The lowest BCUT2D eigenvalue weighted by molar-refractivity contribution is 0.0768. The Bertz CT molecular complexity index is 631. The van der Waals surface area contributed by atoms with Gasteiger partial charge in [-0.3, -0.25) is 4.79 Å². The van der Waals surface area contributed by atoms with Gasteiger partial charge in [0.1, 0.15) is 23.2 Å². The SMILES string of the molecule is Cc1cccc(OCCN(C)C(=O)c2cccc(Cl)n2)c1. The van der Waals surface area contributed by atoms with E-state index in [1.807, 2.05) is 31.2 Å². The average Bonchev–Trinajstić information content (AvgIpc) is 2.46. The highest BCUT2D eigenvalue weighted by Crippen LogP contribution is 2.12. The van der Waals surface area contributed by atoms with E-state index < -0.39 is 0 Å². The molecule has 1 amide bonds. The molecule has 0 N–H and O–H groups in total. The first-order chi connectivity index (χ1) is 10.1. The van der Waals surface area contributed by atoms with Gasteiger partial charge in [0.2, 0.25) is 0 Å². The molecular formula is C16H17ClN2O2. The predicted molar refractivity (Wildman–Crippen MR) is 82.9 cm³/mol. The smallest absolute Gasteiger partial charge is 0.272 e. The van der Waals surface area contributed by atoms with E-state index in [-0.39, 0.29) is 5.91 Å². The second kappa shape index (κ2) is 7.09. The number of aromatic nitrogens is 1. The number of amides is 1. The molecule has 0 spiro atoms. The summed E-state index contributed by atoms with van der Waals surface area (Å²) in [5.74, 6) is 0.627. The zero-order valence-corrected chi connectivity index (χ0v) is 12.8. The van der Waals surface area contributed by atoms with Gasteiger partial charge in [-0.1, -0.05) is 29.8 Å². The van der Waals surface area contributed by atoms with Crippen molar-refractivity contribution in [1.82, 2.24) is 9.88 Å². The van der Waals surface area contributed by atoms with Crippen molar-refractivity contribution in [2.75, 3.05) is 20.2 Å². The monoisotopic (exact) mass is 304 g/mol. The van der Waals surface area contributed by atoms with Crippen LogP contribution in [-0.2, 0) is 0 Å². The number of ether oxygens (including phenoxy) is 1. The van der Waals surface area contributed by atoms with Crippen molar-refractivity contribution in [3.05, 3.63) is 58.9 Å². The summed E-state index contributed by atoms with van der Waals surface area (Å²) < 4.78 is 5.63. The summed E-state index contributed by atoms with van der Waals surface area (Å²) in [5, 5.41) is 0.310. The van der Waals surface area contributed by atoms with Gasteiger partial charge >= 0.3 is 0 Å². The minimum atomic E-state index is -0.176. The minimum Gasteiger partial charge on any atom is -0.492 e. The Balaban J connectivity index is 1.87. The Hall–Kier alpha value is -2.07. The largest absolute Gasteiger partial charge is 0.492 e. The van der Waals surface area contributed by atoms with Crippen LogP contribution < -0.4 is 4.74 Å². The average molecular weight is 305 g/mol. The normalized spacial score (nSPS) is 10.2. The van der Waals surface area contributed by atoms with Gasteiger partial charge < -0.3 is 9.64 Å². The van der Waals surface area contributed by atoms with Crippen molar-refractivity contribution < 1.29 is 9.53 Å². The van der Waals surface area contributed by atoms with E-state index in [0.717, 1.165) is 11.3 Å². The van der Waals surface area contributed by atoms with Crippen molar-refractivity contribution in [2.24, 2.45) is 0 Å². The van der Waals surface area contributed by atoms with Gasteiger partial charge in [-0.2, -0.15) is 0 Å². The Morgan fingerprint density at radius 3 is 2.76 bits per heavy atom. The number of carbonyl (C=O) groups is 1. The summed E-state index contributed by atoms with van der Waals surface area (Å²) in [5.41, 5.74) is 1.47. The fraction of sp³-hybridized carbons (Fsp3) is 0.250. The molecule has 110 valence electrons. The van der Waals surface area contributed by atoms with E-state index in [4.69, 9.17) is 16.3 Å². The standard InChI is InChI=1S/C16H17ClN2O2/c1-12-5-3-6-13(11-12)21-10-9-19(2)16(20)14-7-4-8-15(17)18-14/h3-8,11H,9-10H2,1-2H3. The Kier molecular flexibility index (Phi) is 5.17. The van der Waals surface area contributed by atoms with Crippen LogP contribution in [0, 0.1) is 6.92 Å². The van der Waals surface area contributed by atoms with Crippen LogP contribution in [0.15, 0.2) is 42.5 Å². The highest BCUT2D eigenvalue weighted by atomic mass is 35.5. The van der Waals surface area contributed by atoms with E-state index in [1.54, 1.807) is 30.1 Å². The first-order valence-electron chi connectivity index (χ1n) is 6.64. The number of carbonyl (C=O) groups excluding carboxylic acids is 1. The number of benzene rings is 1. The summed E-state index contributed by atoms with van der Waals surface area (Å²) >= 11 is 5.79. The van der Waals surface area contributed by atoms with Crippen LogP contribution in [0.4, 0.5) is 0 Å². The highest BCUT2D eigenvalue weighted by Gasteiger charge is 2.13. The second-order valence-corrected chi connectivity index (χ2v) is 5.12. The number of hydrogen-bond acceptors (Lipinski definition) is 3. The molecule has 0 radical (unpaired) electrons. The molecule has 0 aliphatic rings. The molecule has 2 aromatic rings. The summed E-state index contributed by atoms with van der Waals surface area (Å²) in [4.78, 5) is 17.7. The highest BCUT2D eigenvalue weighted by molar-refractivity contribution is 6.29. The zero-order chi connectivity index (χ0) is 15.2. The van der Waals surface area contributed by atoms with Crippen LogP contribution >= 0.6 is 11.6 Å². The minimum absolute atomic E-state index is 0.176. The molecule has 0 atom stereocenters. The molecule has 21 heavy (non-hydrogen) atoms. The van der Waals surface area contributed by atoms with Crippen LogP contribution in [-0.4, -0.2) is 36.0 Å². The first-order valence-corrected chi connectivity index (χ1v) is 7.01. The molecule has 0 fully saturated rings. The predicted octanol–water partition coefficient (Wildman–Crippen LogP) is 3.19. The molecule has 4 nitrogen and oxygen atoms in total.